The normalized spacial score (nSPS) is 12.5. The van der Waals surface area contributed by atoms with Gasteiger partial charge in [0.15, 0.2) is 23.0 Å². The average molecular weight is 437 g/mol. The molecule has 0 aliphatic carbocycles. The number of ketones is 1. The lowest BCUT2D eigenvalue weighted by atomic mass is 10.1. The first kappa shape index (κ1) is 19.5. The minimum atomic E-state index is 0.00721. The van der Waals surface area contributed by atoms with Gasteiger partial charge >= 0.3 is 0 Å². The van der Waals surface area contributed by atoms with E-state index in [0.29, 0.717) is 29.0 Å². The number of nitrogens with zero attached hydrogens (tertiary/aromatic N) is 3. The summed E-state index contributed by atoms with van der Waals surface area (Å²) < 4.78 is 23.8. The van der Waals surface area contributed by atoms with Gasteiger partial charge < -0.3 is 22.9 Å². The van der Waals surface area contributed by atoms with Crippen molar-refractivity contribution in [2.75, 3.05) is 12.5 Å². The second kappa shape index (κ2) is 7.99. The zero-order valence-electron chi connectivity index (χ0n) is 17.0. The van der Waals surface area contributed by atoms with Gasteiger partial charge in [-0.2, -0.15) is 0 Å². The van der Waals surface area contributed by atoms with Gasteiger partial charge in [-0.3, -0.25) is 4.79 Å². The van der Waals surface area contributed by atoms with E-state index >= 15 is 0 Å². The number of rotatable bonds is 7. The van der Waals surface area contributed by atoms with Crippen LogP contribution in [0.2, 0.25) is 0 Å². The van der Waals surface area contributed by atoms with Crippen molar-refractivity contribution in [3.05, 3.63) is 65.2 Å². The highest BCUT2D eigenvalue weighted by Gasteiger charge is 2.19. The average Bonchev–Trinajstić information content (AvgIpc) is 3.56. The summed E-state index contributed by atoms with van der Waals surface area (Å²) in [6, 6.07) is 11.3. The number of aryl methyl sites for hydroxylation is 1. The van der Waals surface area contributed by atoms with Crippen molar-refractivity contribution in [1.29, 1.82) is 0 Å². The van der Waals surface area contributed by atoms with Crippen molar-refractivity contribution in [3.8, 4) is 23.1 Å². The largest absolute Gasteiger partial charge is 0.459 e. The number of thioether (sulfide) groups is 1. The van der Waals surface area contributed by atoms with Gasteiger partial charge in [-0.1, -0.05) is 17.8 Å². The van der Waals surface area contributed by atoms with Gasteiger partial charge in [0.2, 0.25) is 6.79 Å². The van der Waals surface area contributed by atoms with Gasteiger partial charge in [0, 0.05) is 23.5 Å². The summed E-state index contributed by atoms with van der Waals surface area (Å²) in [4.78, 5) is 12.9. The lowest BCUT2D eigenvalue weighted by molar-refractivity contribution is 0.102. The van der Waals surface area contributed by atoms with Crippen LogP contribution in [0.1, 0.15) is 27.3 Å². The molecule has 158 valence electrons. The minimum absolute atomic E-state index is 0.00721. The minimum Gasteiger partial charge on any atom is -0.459 e. The van der Waals surface area contributed by atoms with Crippen LogP contribution in [0.5, 0.6) is 11.5 Å². The number of Topliss-reactive ketones (excluding diaryl/α,β-unsaturated/α-hetero) is 1. The number of hydrogen-bond donors (Lipinski definition) is 0. The molecule has 0 fully saturated rings. The summed E-state index contributed by atoms with van der Waals surface area (Å²) >= 11 is 1.21. The molecule has 8 nitrogen and oxygen atoms in total. The van der Waals surface area contributed by atoms with Crippen LogP contribution >= 0.6 is 11.8 Å². The maximum absolute atomic E-state index is 12.9. The lowest BCUT2D eigenvalue weighted by Crippen LogP contribution is -2.07. The van der Waals surface area contributed by atoms with Crippen molar-refractivity contribution in [2.24, 2.45) is 0 Å². The van der Waals surface area contributed by atoms with Gasteiger partial charge in [0.25, 0.3) is 11.1 Å². The van der Waals surface area contributed by atoms with Crippen LogP contribution in [0.3, 0.4) is 0 Å². The van der Waals surface area contributed by atoms with Crippen LogP contribution in [-0.2, 0) is 6.54 Å². The number of hydrogen-bond acceptors (Lipinski definition) is 8. The summed E-state index contributed by atoms with van der Waals surface area (Å²) in [7, 11) is 0. The third-order valence-corrected chi connectivity index (χ3v) is 5.94. The van der Waals surface area contributed by atoms with Gasteiger partial charge in [0.05, 0.1) is 12.0 Å². The third-order valence-electron chi connectivity index (χ3n) is 5.12. The van der Waals surface area contributed by atoms with Crippen LogP contribution in [-0.4, -0.2) is 33.1 Å². The maximum atomic E-state index is 12.9. The van der Waals surface area contributed by atoms with Crippen LogP contribution in [0.4, 0.5) is 0 Å². The van der Waals surface area contributed by atoms with Gasteiger partial charge in [-0.15, -0.1) is 10.2 Å². The van der Waals surface area contributed by atoms with Crippen molar-refractivity contribution in [2.45, 2.75) is 25.6 Å². The lowest BCUT2D eigenvalue weighted by Gasteiger charge is -2.10. The van der Waals surface area contributed by atoms with E-state index < -0.39 is 0 Å². The highest BCUT2D eigenvalue weighted by Crippen LogP contribution is 2.33. The first-order valence-electron chi connectivity index (χ1n) is 9.67. The first-order valence-corrected chi connectivity index (χ1v) is 10.7. The summed E-state index contributed by atoms with van der Waals surface area (Å²) in [5.41, 5.74) is 3.70. The summed E-state index contributed by atoms with van der Waals surface area (Å²) in [5, 5.41) is 8.25. The van der Waals surface area contributed by atoms with E-state index in [9.17, 15) is 4.79 Å². The van der Waals surface area contributed by atoms with Gasteiger partial charge in [-0.05, 0) is 49.7 Å². The zero-order valence-corrected chi connectivity index (χ0v) is 17.8. The Balaban J connectivity index is 1.28. The molecule has 0 spiro atoms. The number of fused-ring (bicyclic) bond motifs is 1. The molecule has 9 heteroatoms. The molecule has 0 radical (unpaired) electrons. The summed E-state index contributed by atoms with van der Waals surface area (Å²) in [6.07, 6.45) is 1.54. The SMILES string of the molecule is Cc1cc(C(=O)CSc2nnc(-c3ccco3)o2)c(C)n1Cc1ccc2c(c1)OCO2. The molecule has 4 aromatic rings. The molecule has 0 bridgehead atoms. The van der Waals surface area contributed by atoms with Crippen LogP contribution in [0, 0.1) is 13.8 Å². The van der Waals surface area contributed by atoms with E-state index in [-0.39, 0.29) is 18.3 Å². The number of carbonyl (C=O) groups is 1. The predicted molar refractivity (Wildman–Crippen MR) is 113 cm³/mol. The fourth-order valence-corrected chi connectivity index (χ4v) is 4.17. The van der Waals surface area contributed by atoms with Crippen LogP contribution in [0.15, 0.2) is 56.7 Å². The fraction of sp³-hybridized carbons (Fsp3) is 0.227. The molecule has 0 saturated carbocycles. The molecule has 0 amide bonds. The Bertz CT molecular complexity index is 1240. The second-order valence-electron chi connectivity index (χ2n) is 7.12. The Morgan fingerprint density at radius 3 is 2.84 bits per heavy atom. The van der Waals surface area contributed by atoms with Crippen LogP contribution < -0.4 is 9.47 Å². The number of carbonyl (C=O) groups excluding carboxylic acids is 1. The van der Waals surface area contributed by atoms with E-state index in [1.165, 1.54) is 18.0 Å². The zero-order chi connectivity index (χ0) is 21.4. The van der Waals surface area contributed by atoms with Gasteiger partial charge in [-0.25, -0.2) is 0 Å². The fourth-order valence-electron chi connectivity index (χ4n) is 3.52. The first-order chi connectivity index (χ1) is 15.1. The number of furan rings is 1. The summed E-state index contributed by atoms with van der Waals surface area (Å²) in [5.74, 6) is 2.51. The molecular formula is C22H19N3O5S. The van der Waals surface area contributed by atoms with Crippen molar-refractivity contribution < 1.29 is 23.1 Å². The maximum Gasteiger partial charge on any atom is 0.284 e. The van der Waals surface area contributed by atoms with E-state index in [1.54, 1.807) is 12.1 Å². The Kier molecular flexibility index (Phi) is 5.03. The van der Waals surface area contributed by atoms with Crippen molar-refractivity contribution in [1.82, 2.24) is 14.8 Å². The van der Waals surface area contributed by atoms with Crippen LogP contribution in [0.25, 0.3) is 11.7 Å². The Morgan fingerprint density at radius 1 is 1.13 bits per heavy atom. The predicted octanol–water partition coefficient (Wildman–Crippen LogP) is 4.50. The third kappa shape index (κ3) is 3.84. The molecule has 0 unspecified atom stereocenters. The second-order valence-corrected chi connectivity index (χ2v) is 8.05. The number of aromatic nitrogens is 3. The standard InChI is InChI=1S/C22H19N3O5S/c1-13-8-16(14(2)25(13)10-15-5-6-18-20(9-15)29-12-28-18)17(26)11-31-22-24-23-21(30-22)19-4-3-7-27-19/h3-9H,10-12H2,1-2H3. The molecule has 0 atom stereocenters. The van der Waals surface area contributed by atoms with E-state index in [1.807, 2.05) is 38.1 Å². The van der Waals surface area contributed by atoms with Crippen molar-refractivity contribution >= 4 is 17.5 Å². The van der Waals surface area contributed by atoms with E-state index in [0.717, 1.165) is 28.5 Å². The molecule has 1 aliphatic heterocycles. The topological polar surface area (TPSA) is 92.5 Å². The van der Waals surface area contributed by atoms with E-state index in [2.05, 4.69) is 14.8 Å². The summed E-state index contributed by atoms with van der Waals surface area (Å²) in [6.45, 7) is 4.85. The van der Waals surface area contributed by atoms with Gasteiger partial charge in [0.1, 0.15) is 0 Å². The molecule has 3 aromatic heterocycles. The number of ether oxygens (including phenoxy) is 2. The highest BCUT2D eigenvalue weighted by atomic mass is 32.2. The Labute approximate surface area is 182 Å². The van der Waals surface area contributed by atoms with E-state index in [4.69, 9.17) is 18.3 Å². The molecule has 31 heavy (non-hydrogen) atoms. The van der Waals surface area contributed by atoms with Crippen molar-refractivity contribution in [3.63, 3.8) is 0 Å². The quantitative estimate of drug-likeness (QED) is 0.308. The molecule has 1 aliphatic rings. The monoisotopic (exact) mass is 437 g/mol. The molecule has 4 heterocycles. The molecule has 1 aromatic carbocycles. The Hall–Kier alpha value is -3.46. The molecule has 0 N–H and O–H groups in total. The Morgan fingerprint density at radius 2 is 2.00 bits per heavy atom. The molecule has 5 rings (SSSR count). The molecular weight excluding hydrogens is 418 g/mol. The molecule has 0 saturated heterocycles. The highest BCUT2D eigenvalue weighted by molar-refractivity contribution is 7.99. The smallest absolute Gasteiger partial charge is 0.284 e. The number of benzene rings is 1.